The second-order valence-electron chi connectivity index (χ2n) is 17.9. The highest BCUT2D eigenvalue weighted by atomic mass is 16.8. The highest BCUT2D eigenvalue weighted by molar-refractivity contribution is 5.85. The van der Waals surface area contributed by atoms with E-state index in [9.17, 15) is 82.1 Å². The van der Waals surface area contributed by atoms with E-state index in [2.05, 4.69) is 0 Å². The molecule has 0 saturated carbocycles. The average molecular weight is 1100 g/mol. The van der Waals surface area contributed by atoms with Crippen LogP contribution in [0.15, 0.2) is 121 Å². The van der Waals surface area contributed by atoms with E-state index in [1.807, 2.05) is 60.7 Å². The van der Waals surface area contributed by atoms with Crippen molar-refractivity contribution in [2.45, 2.75) is 111 Å². The molecule has 3 aliphatic rings. The van der Waals surface area contributed by atoms with Crippen LogP contribution >= 0.6 is 0 Å². The Hall–Kier alpha value is -6.95. The summed E-state index contributed by atoms with van der Waals surface area (Å²) in [4.78, 5) is 10.1. The second-order valence-corrected chi connectivity index (χ2v) is 17.9. The fourth-order valence-corrected chi connectivity index (χ4v) is 8.14. The summed E-state index contributed by atoms with van der Waals surface area (Å²) < 4.78 is 36.8. The van der Waals surface area contributed by atoms with Gasteiger partial charge in [0.15, 0.2) is 43.5 Å². The molecule has 5 aromatic carbocycles. The molecule has 3 saturated heterocycles. The van der Waals surface area contributed by atoms with E-state index in [1.165, 1.54) is 24.3 Å². The number of nitro benzene ring substituents is 1. The van der Waals surface area contributed by atoms with Crippen molar-refractivity contribution in [1.82, 2.24) is 0 Å². The Morgan fingerprint density at radius 2 is 1.03 bits per heavy atom. The normalized spacial score (nSPS) is 29.9. The van der Waals surface area contributed by atoms with Gasteiger partial charge in [-0.15, -0.1) is 0 Å². The minimum absolute atomic E-state index is 0.0230. The van der Waals surface area contributed by atoms with E-state index in [-0.39, 0.29) is 5.69 Å². The van der Waals surface area contributed by atoms with Gasteiger partial charge in [0, 0.05) is 12.1 Å². The molecule has 3 fully saturated rings. The fraction of sp³-hybridized carbons (Fsp3) is 0.389. The predicted molar refractivity (Wildman–Crippen MR) is 272 cm³/mol. The zero-order valence-electron chi connectivity index (χ0n) is 41.8. The monoisotopic (exact) mass is 1100 g/mol. The summed E-state index contributed by atoms with van der Waals surface area (Å²) in [5, 5.41) is 158. The molecule has 18 atom stereocenters. The molecule has 3 aliphatic heterocycles. The van der Waals surface area contributed by atoms with Gasteiger partial charge in [-0.25, -0.2) is 0 Å². The number of ether oxygens (including phenoxy) is 7. The van der Waals surface area contributed by atoms with Crippen LogP contribution in [-0.4, -0.2) is 185 Å². The Bertz CT molecular complexity index is 2980. The molecule has 5 aromatic rings. The van der Waals surface area contributed by atoms with Crippen LogP contribution in [0.25, 0.3) is 27.6 Å². The van der Waals surface area contributed by atoms with E-state index >= 15 is 0 Å². The van der Waals surface area contributed by atoms with Gasteiger partial charge < -0.3 is 94.4 Å². The van der Waals surface area contributed by atoms with E-state index in [0.717, 1.165) is 21.5 Å². The predicted octanol–water partition coefficient (Wildman–Crippen LogP) is 0.281. The molecule has 25 heteroatoms. The number of rotatable bonds is 15. The standard InChI is InChI=1S/C18H20N2O8.C18H19NO7.C18H19NO6/c19-9-13(27-18-17(24)16(23)15(22)14(10-21)28-18)4-2-1-3-11-5-7-12(8-6-11)20(25)26;1-24-12-5-4-9-6-11(3-2-10(9)7-12)13(8-19)25-18-16(22)14(20)15(21)17(23)26-18;19-8-13(12-6-5-10-3-1-2-4-11(10)7-12)24-18-17(23)16(22)15(21)14(9-20)25-18/h1-8,13-18,21-24H,10H2;2-7,13-18,20-23H,1H3;1-7,13-18,20-23H,9H2/b3-1+,4-2+;;. The summed E-state index contributed by atoms with van der Waals surface area (Å²) in [6, 6.07) is 35.4. The minimum atomic E-state index is -1.73. The van der Waals surface area contributed by atoms with Gasteiger partial charge in [-0.2, -0.15) is 15.8 Å². The van der Waals surface area contributed by atoms with E-state index in [4.69, 9.17) is 38.3 Å². The Kier molecular flexibility index (Phi) is 22.3. The van der Waals surface area contributed by atoms with Gasteiger partial charge in [-0.1, -0.05) is 72.8 Å². The number of aliphatic hydroxyl groups excluding tert-OH is 12. The molecule has 0 aliphatic carbocycles. The largest absolute Gasteiger partial charge is 0.497 e. The lowest BCUT2D eigenvalue weighted by atomic mass is 9.99. The van der Waals surface area contributed by atoms with Crippen molar-refractivity contribution in [2.75, 3.05) is 20.3 Å². The summed E-state index contributed by atoms with van der Waals surface area (Å²) in [6.07, 6.45) is -19.6. The van der Waals surface area contributed by atoms with Crippen LogP contribution in [0.5, 0.6) is 5.75 Å². The van der Waals surface area contributed by atoms with Crippen molar-refractivity contribution in [1.29, 1.82) is 15.8 Å². The average Bonchev–Trinajstić information content (AvgIpc) is 3.48. The molecular formula is C54H58N4O21. The lowest BCUT2D eigenvalue weighted by Crippen LogP contribution is -2.59. The van der Waals surface area contributed by atoms with E-state index < -0.39 is 129 Å². The number of allylic oxidation sites excluding steroid dienone is 2. The van der Waals surface area contributed by atoms with Crippen LogP contribution in [-0.2, 0) is 28.4 Å². The number of non-ortho nitro benzene ring substituents is 1. The molecule has 0 amide bonds. The Balaban J connectivity index is 0.000000192. The van der Waals surface area contributed by atoms with Gasteiger partial charge in [-0.05, 0) is 80.7 Å². The van der Waals surface area contributed by atoms with Crippen LogP contribution in [0.3, 0.4) is 0 Å². The van der Waals surface area contributed by atoms with Crippen molar-refractivity contribution in [3.63, 3.8) is 0 Å². The summed E-state index contributed by atoms with van der Waals surface area (Å²) in [7, 11) is 1.57. The third kappa shape index (κ3) is 15.5. The molecular weight excluding hydrogens is 1040 g/mol. The second kappa shape index (κ2) is 28.8. The number of hydrogen-bond acceptors (Lipinski definition) is 24. The van der Waals surface area contributed by atoms with Crippen molar-refractivity contribution < 1.29 is 99.4 Å². The maximum absolute atomic E-state index is 10.6. The van der Waals surface area contributed by atoms with Gasteiger partial charge in [0.1, 0.15) is 72.9 Å². The van der Waals surface area contributed by atoms with Crippen molar-refractivity contribution in [3.8, 4) is 24.0 Å². The summed E-state index contributed by atoms with van der Waals surface area (Å²) in [5.41, 5.74) is 1.76. The first-order chi connectivity index (χ1) is 37.9. The molecule has 12 N–H and O–H groups in total. The molecule has 3 heterocycles. The quantitative estimate of drug-likeness (QED) is 0.0380. The molecule has 420 valence electrons. The van der Waals surface area contributed by atoms with E-state index in [0.29, 0.717) is 22.4 Å². The Morgan fingerprint density at radius 3 is 1.53 bits per heavy atom. The number of hydrogen-bond donors (Lipinski definition) is 12. The van der Waals surface area contributed by atoms with Gasteiger partial charge in [0.2, 0.25) is 0 Å². The smallest absolute Gasteiger partial charge is 0.269 e. The molecule has 0 bridgehead atoms. The first-order valence-electron chi connectivity index (χ1n) is 24.2. The molecule has 18 unspecified atom stereocenters. The van der Waals surface area contributed by atoms with Crippen molar-refractivity contribution >= 4 is 33.3 Å². The van der Waals surface area contributed by atoms with Gasteiger partial charge in [0.25, 0.3) is 5.69 Å². The summed E-state index contributed by atoms with van der Waals surface area (Å²) >= 11 is 0. The SMILES string of the molecule is COc1ccc2cc(C(C#N)OC3OC(O)C(O)C(O)C3O)ccc2c1.N#CC(/C=C/C=C/c1ccc([N+](=O)[O-])cc1)OC1OC(CO)C(O)C(O)C1O.N#CC(OC1OC(CO)C(O)C(O)C1O)c1ccc2ccccc2c1. The lowest BCUT2D eigenvalue weighted by molar-refractivity contribution is -0.384. The number of methoxy groups -OCH3 is 1. The minimum Gasteiger partial charge on any atom is -0.497 e. The zero-order valence-corrected chi connectivity index (χ0v) is 41.8. The first kappa shape index (κ1) is 61.3. The molecule has 0 aromatic heterocycles. The third-order valence-electron chi connectivity index (χ3n) is 12.7. The molecule has 8 rings (SSSR count). The van der Waals surface area contributed by atoms with Gasteiger partial charge >= 0.3 is 0 Å². The van der Waals surface area contributed by atoms with Crippen LogP contribution < -0.4 is 4.74 Å². The molecule has 0 radical (unpaired) electrons. The third-order valence-corrected chi connectivity index (χ3v) is 12.7. The van der Waals surface area contributed by atoms with Crippen molar-refractivity contribution in [3.05, 3.63) is 148 Å². The number of nitro groups is 1. The lowest BCUT2D eigenvalue weighted by Gasteiger charge is -2.40. The number of nitriles is 3. The van der Waals surface area contributed by atoms with E-state index in [1.54, 1.807) is 67.8 Å². The number of nitrogens with zero attached hydrogens (tertiary/aromatic N) is 4. The van der Waals surface area contributed by atoms with Crippen LogP contribution in [0.4, 0.5) is 5.69 Å². The van der Waals surface area contributed by atoms with Crippen LogP contribution in [0.1, 0.15) is 28.9 Å². The fourth-order valence-electron chi connectivity index (χ4n) is 8.14. The number of fused-ring (bicyclic) bond motifs is 2. The maximum atomic E-state index is 10.6. The highest BCUT2D eigenvalue weighted by Crippen LogP contribution is 2.32. The number of aliphatic hydroxyl groups is 12. The highest BCUT2D eigenvalue weighted by Gasteiger charge is 2.47. The summed E-state index contributed by atoms with van der Waals surface area (Å²) in [5.74, 6) is 0.707. The van der Waals surface area contributed by atoms with Gasteiger partial charge in [0.05, 0.1) is 43.5 Å². The summed E-state index contributed by atoms with van der Waals surface area (Å²) in [6.45, 7) is -1.16. The van der Waals surface area contributed by atoms with Gasteiger partial charge in [-0.3, -0.25) is 10.1 Å². The van der Waals surface area contributed by atoms with Crippen LogP contribution in [0, 0.1) is 44.1 Å². The Morgan fingerprint density at radius 1 is 0.557 bits per heavy atom. The molecule has 25 nitrogen and oxygen atoms in total. The number of benzene rings is 5. The van der Waals surface area contributed by atoms with Crippen LogP contribution in [0.2, 0.25) is 0 Å². The molecule has 0 spiro atoms. The zero-order chi connectivity index (χ0) is 57.5. The topological polar surface area (TPSA) is 422 Å². The molecule has 79 heavy (non-hydrogen) atoms. The maximum Gasteiger partial charge on any atom is 0.269 e. The first-order valence-corrected chi connectivity index (χ1v) is 24.2. The van der Waals surface area contributed by atoms with Crippen molar-refractivity contribution in [2.24, 2.45) is 0 Å². The Labute approximate surface area is 450 Å².